The first-order chi connectivity index (χ1) is 11.4. The van der Waals surface area contributed by atoms with Crippen molar-refractivity contribution in [3.63, 3.8) is 0 Å². The molecule has 0 aliphatic rings. The van der Waals surface area contributed by atoms with Crippen molar-refractivity contribution in [1.29, 1.82) is 0 Å². The van der Waals surface area contributed by atoms with E-state index in [-0.39, 0.29) is 5.91 Å². The van der Waals surface area contributed by atoms with Gasteiger partial charge < -0.3 is 10.1 Å². The number of amides is 1. The minimum absolute atomic E-state index is 0.158. The maximum Gasteiger partial charge on any atom is 0.263 e. The summed E-state index contributed by atoms with van der Waals surface area (Å²) in [6.45, 7) is 4.03. The van der Waals surface area contributed by atoms with E-state index in [9.17, 15) is 4.79 Å². The molecule has 0 saturated heterocycles. The number of benzene rings is 2. The Labute approximate surface area is 156 Å². The molecule has 6 heteroatoms. The third kappa shape index (κ3) is 5.93. The molecule has 0 fully saturated rings. The topological polar surface area (TPSA) is 38.3 Å². The molecule has 24 heavy (non-hydrogen) atoms. The molecule has 0 radical (unpaired) electrons. The van der Waals surface area contributed by atoms with Crippen molar-refractivity contribution in [3.8, 4) is 5.75 Å². The summed E-state index contributed by atoms with van der Waals surface area (Å²) in [4.78, 5) is 13.4. The van der Waals surface area contributed by atoms with E-state index in [0.717, 1.165) is 10.6 Å². The van der Waals surface area contributed by atoms with Gasteiger partial charge in [0.25, 0.3) is 5.91 Å². The normalized spacial score (nSPS) is 11.2. The standard InChI is InChI=1S/C18H19Cl2NO2S/c1-18(2,23-15-7-3-13(19)4-8-15)17(22)21-11-12-24-16-9-5-14(20)6-10-16/h3-10H,11-12H2,1-2H3,(H,21,22). The summed E-state index contributed by atoms with van der Waals surface area (Å²) in [5, 5.41) is 4.24. The number of nitrogens with one attached hydrogen (secondary N) is 1. The SMILES string of the molecule is CC(C)(Oc1ccc(Cl)cc1)C(=O)NCCSc1ccc(Cl)cc1. The molecule has 0 heterocycles. The van der Waals surface area contributed by atoms with Gasteiger partial charge in [0, 0.05) is 27.2 Å². The van der Waals surface area contributed by atoms with Crippen LogP contribution in [0.25, 0.3) is 0 Å². The van der Waals surface area contributed by atoms with Gasteiger partial charge in [-0.2, -0.15) is 0 Å². The molecule has 2 aromatic carbocycles. The van der Waals surface area contributed by atoms with Gasteiger partial charge in [0.2, 0.25) is 0 Å². The van der Waals surface area contributed by atoms with E-state index in [1.165, 1.54) is 0 Å². The highest BCUT2D eigenvalue weighted by Crippen LogP contribution is 2.22. The van der Waals surface area contributed by atoms with Crippen LogP contribution >= 0.6 is 35.0 Å². The second-order valence-corrected chi connectivity index (χ2v) is 7.67. The van der Waals surface area contributed by atoms with E-state index in [1.54, 1.807) is 49.9 Å². The number of thioether (sulfide) groups is 1. The Hall–Kier alpha value is -1.36. The predicted octanol–water partition coefficient (Wildman–Crippen LogP) is 5.06. The number of carbonyl (C=O) groups excluding carboxylic acids is 1. The highest BCUT2D eigenvalue weighted by molar-refractivity contribution is 7.99. The van der Waals surface area contributed by atoms with E-state index in [4.69, 9.17) is 27.9 Å². The van der Waals surface area contributed by atoms with Gasteiger partial charge in [-0.15, -0.1) is 11.8 Å². The lowest BCUT2D eigenvalue weighted by Crippen LogP contribution is -2.47. The Kier molecular flexibility index (Phi) is 6.84. The molecule has 0 aromatic heterocycles. The van der Waals surface area contributed by atoms with E-state index >= 15 is 0 Å². The number of hydrogen-bond donors (Lipinski definition) is 1. The van der Waals surface area contributed by atoms with Gasteiger partial charge in [-0.25, -0.2) is 0 Å². The summed E-state index contributed by atoms with van der Waals surface area (Å²) < 4.78 is 5.75. The zero-order valence-electron chi connectivity index (χ0n) is 13.5. The van der Waals surface area contributed by atoms with Crippen LogP contribution in [0.15, 0.2) is 53.4 Å². The summed E-state index contributed by atoms with van der Waals surface area (Å²) in [5.74, 6) is 1.22. The first kappa shape index (κ1) is 19.0. The molecule has 0 atom stereocenters. The fourth-order valence-corrected chi connectivity index (χ4v) is 2.94. The molecule has 128 valence electrons. The van der Waals surface area contributed by atoms with E-state index in [1.807, 2.05) is 24.3 Å². The molecule has 0 saturated carbocycles. The van der Waals surface area contributed by atoms with E-state index < -0.39 is 5.60 Å². The van der Waals surface area contributed by atoms with Gasteiger partial charge in [0.1, 0.15) is 5.75 Å². The molecule has 2 aromatic rings. The summed E-state index contributed by atoms with van der Waals surface area (Å²) in [7, 11) is 0. The quantitative estimate of drug-likeness (QED) is 0.536. The molecule has 0 bridgehead atoms. The van der Waals surface area contributed by atoms with Gasteiger partial charge in [-0.3, -0.25) is 4.79 Å². The molecular weight excluding hydrogens is 365 g/mol. The fourth-order valence-electron chi connectivity index (χ4n) is 1.92. The summed E-state index contributed by atoms with van der Waals surface area (Å²) in [6.07, 6.45) is 0. The fraction of sp³-hybridized carbons (Fsp3) is 0.278. The number of ether oxygens (including phenoxy) is 1. The lowest BCUT2D eigenvalue weighted by molar-refractivity contribution is -0.134. The molecule has 0 unspecified atom stereocenters. The second-order valence-electron chi connectivity index (χ2n) is 5.62. The summed E-state index contributed by atoms with van der Waals surface area (Å²) in [6, 6.07) is 14.6. The van der Waals surface area contributed by atoms with Crippen molar-refractivity contribution in [2.45, 2.75) is 24.3 Å². The number of halogens is 2. The van der Waals surface area contributed by atoms with Gasteiger partial charge in [0.05, 0.1) is 0 Å². The highest BCUT2D eigenvalue weighted by atomic mass is 35.5. The van der Waals surface area contributed by atoms with Gasteiger partial charge in [0.15, 0.2) is 5.60 Å². The summed E-state index contributed by atoms with van der Waals surface area (Å²) >= 11 is 13.4. The molecule has 2 rings (SSSR count). The monoisotopic (exact) mass is 383 g/mol. The Morgan fingerprint density at radius 3 is 2.17 bits per heavy atom. The zero-order chi connectivity index (χ0) is 17.6. The Morgan fingerprint density at radius 1 is 1.04 bits per heavy atom. The van der Waals surface area contributed by atoms with Crippen LogP contribution in [0.2, 0.25) is 10.0 Å². The van der Waals surface area contributed by atoms with E-state index in [2.05, 4.69) is 5.32 Å². The van der Waals surface area contributed by atoms with Gasteiger partial charge in [-0.05, 0) is 62.4 Å². The van der Waals surface area contributed by atoms with Crippen molar-refractivity contribution in [2.24, 2.45) is 0 Å². The van der Waals surface area contributed by atoms with Crippen LogP contribution in [0.1, 0.15) is 13.8 Å². The van der Waals surface area contributed by atoms with Crippen molar-refractivity contribution >= 4 is 40.9 Å². The smallest absolute Gasteiger partial charge is 0.263 e. The average Bonchev–Trinajstić information content (AvgIpc) is 2.55. The molecule has 0 aliphatic carbocycles. The molecule has 0 aliphatic heterocycles. The molecular formula is C18H19Cl2NO2S. The van der Waals surface area contributed by atoms with Crippen LogP contribution < -0.4 is 10.1 Å². The van der Waals surface area contributed by atoms with Crippen molar-refractivity contribution < 1.29 is 9.53 Å². The molecule has 0 spiro atoms. The van der Waals surface area contributed by atoms with Crippen molar-refractivity contribution in [3.05, 3.63) is 58.6 Å². The minimum atomic E-state index is -0.960. The number of carbonyl (C=O) groups is 1. The number of hydrogen-bond acceptors (Lipinski definition) is 3. The first-order valence-electron chi connectivity index (χ1n) is 7.48. The van der Waals surface area contributed by atoms with Crippen LogP contribution in [-0.2, 0) is 4.79 Å². The Bertz CT molecular complexity index is 672. The van der Waals surface area contributed by atoms with Crippen molar-refractivity contribution in [2.75, 3.05) is 12.3 Å². The van der Waals surface area contributed by atoms with Crippen LogP contribution in [-0.4, -0.2) is 23.8 Å². The van der Waals surface area contributed by atoms with Gasteiger partial charge >= 0.3 is 0 Å². The largest absolute Gasteiger partial charge is 0.478 e. The van der Waals surface area contributed by atoms with Gasteiger partial charge in [-0.1, -0.05) is 23.2 Å². The molecule has 3 nitrogen and oxygen atoms in total. The average molecular weight is 384 g/mol. The minimum Gasteiger partial charge on any atom is -0.478 e. The lowest BCUT2D eigenvalue weighted by atomic mass is 10.1. The maximum absolute atomic E-state index is 12.3. The predicted molar refractivity (Wildman–Crippen MR) is 101 cm³/mol. The molecule has 1 N–H and O–H groups in total. The second kappa shape index (κ2) is 8.65. The zero-order valence-corrected chi connectivity index (χ0v) is 15.8. The number of rotatable bonds is 7. The third-order valence-corrected chi connectivity index (χ3v) is 4.72. The first-order valence-corrected chi connectivity index (χ1v) is 9.22. The van der Waals surface area contributed by atoms with Crippen molar-refractivity contribution in [1.82, 2.24) is 5.32 Å². The Morgan fingerprint density at radius 2 is 1.58 bits per heavy atom. The Balaban J connectivity index is 1.77. The van der Waals surface area contributed by atoms with Crippen LogP contribution in [0, 0.1) is 0 Å². The van der Waals surface area contributed by atoms with Crippen LogP contribution in [0.5, 0.6) is 5.75 Å². The lowest BCUT2D eigenvalue weighted by Gasteiger charge is -2.25. The molecule has 1 amide bonds. The summed E-state index contributed by atoms with van der Waals surface area (Å²) in [5.41, 5.74) is -0.960. The maximum atomic E-state index is 12.3. The van der Waals surface area contributed by atoms with Crippen LogP contribution in [0.3, 0.4) is 0 Å². The highest BCUT2D eigenvalue weighted by Gasteiger charge is 2.29. The van der Waals surface area contributed by atoms with E-state index in [0.29, 0.717) is 22.3 Å². The van der Waals surface area contributed by atoms with Crippen LogP contribution in [0.4, 0.5) is 0 Å². The third-order valence-electron chi connectivity index (χ3n) is 3.20.